The van der Waals surface area contributed by atoms with Gasteiger partial charge in [0.05, 0.1) is 6.61 Å². The van der Waals surface area contributed by atoms with Crippen LogP contribution in [0.15, 0.2) is 17.5 Å². The van der Waals surface area contributed by atoms with Crippen molar-refractivity contribution < 1.29 is 14.3 Å². The van der Waals surface area contributed by atoms with Gasteiger partial charge in [-0.15, -0.1) is 11.3 Å². The van der Waals surface area contributed by atoms with Gasteiger partial charge < -0.3 is 9.72 Å². The number of unbranched alkanes of at least 4 members (excludes halogenated alkanes) is 2. The minimum atomic E-state index is -0.349. The second kappa shape index (κ2) is 7.34. The highest BCUT2D eigenvalue weighted by atomic mass is 32.1. The van der Waals surface area contributed by atoms with E-state index in [4.69, 9.17) is 4.74 Å². The monoisotopic (exact) mass is 345 g/mol. The zero-order valence-electron chi connectivity index (χ0n) is 14.2. The second-order valence-electron chi connectivity index (χ2n) is 6.37. The molecular weight excluding hydrogens is 322 g/mol. The van der Waals surface area contributed by atoms with E-state index >= 15 is 0 Å². The van der Waals surface area contributed by atoms with Gasteiger partial charge in [0.1, 0.15) is 5.69 Å². The highest BCUT2D eigenvalue weighted by Crippen LogP contribution is 2.36. The Morgan fingerprint density at radius 3 is 2.92 bits per heavy atom. The van der Waals surface area contributed by atoms with Gasteiger partial charge in [-0.25, -0.2) is 4.79 Å². The Morgan fingerprint density at radius 2 is 2.21 bits per heavy atom. The van der Waals surface area contributed by atoms with Gasteiger partial charge in [0, 0.05) is 28.5 Å². The Balaban J connectivity index is 1.77. The lowest BCUT2D eigenvalue weighted by molar-refractivity contribution is 0.0491. The largest absolute Gasteiger partial charge is 0.461 e. The van der Waals surface area contributed by atoms with Crippen LogP contribution in [0.4, 0.5) is 0 Å². The van der Waals surface area contributed by atoms with Crippen LogP contribution in [-0.4, -0.2) is 23.3 Å². The van der Waals surface area contributed by atoms with Crippen molar-refractivity contribution in [3.05, 3.63) is 44.9 Å². The molecule has 5 heteroatoms. The van der Waals surface area contributed by atoms with E-state index < -0.39 is 0 Å². The summed E-state index contributed by atoms with van der Waals surface area (Å²) >= 11 is 1.68. The van der Waals surface area contributed by atoms with Crippen molar-refractivity contribution in [1.82, 2.24) is 4.98 Å². The van der Waals surface area contributed by atoms with E-state index in [-0.39, 0.29) is 17.7 Å². The Labute approximate surface area is 146 Å². The number of carbonyl (C=O) groups excluding carboxylic acids is 2. The number of aromatic nitrogens is 1. The highest BCUT2D eigenvalue weighted by Gasteiger charge is 2.32. The van der Waals surface area contributed by atoms with Gasteiger partial charge in [0.15, 0.2) is 5.78 Å². The summed E-state index contributed by atoms with van der Waals surface area (Å²) in [5.74, 6) is -0.0246. The smallest absolute Gasteiger partial charge is 0.355 e. The van der Waals surface area contributed by atoms with Crippen LogP contribution < -0.4 is 0 Å². The molecule has 0 aromatic carbocycles. The molecule has 2 aromatic heterocycles. The molecule has 0 fully saturated rings. The molecule has 1 N–H and O–H groups in total. The maximum Gasteiger partial charge on any atom is 0.355 e. The number of ether oxygens (including phenoxy) is 1. The topological polar surface area (TPSA) is 59.2 Å². The van der Waals surface area contributed by atoms with E-state index in [9.17, 15) is 9.59 Å². The van der Waals surface area contributed by atoms with Crippen molar-refractivity contribution in [2.75, 3.05) is 6.61 Å². The Kier molecular flexibility index (Phi) is 5.19. The summed E-state index contributed by atoms with van der Waals surface area (Å²) in [5, 5.41) is 2.04. The standard InChI is InChI=1S/C19H23NO3S/c1-3-4-5-8-23-19(22)18-12(2)17-14(20-18)10-13(11-15(17)21)16-7-6-9-24-16/h6-7,9,13,20H,3-5,8,10-11H2,1-2H3/t13-/m1/s1. The third-order valence-electron chi connectivity index (χ3n) is 4.62. The summed E-state index contributed by atoms with van der Waals surface area (Å²) < 4.78 is 5.34. The van der Waals surface area contributed by atoms with Crippen LogP contribution in [0.3, 0.4) is 0 Å². The molecule has 1 aliphatic carbocycles. The first-order chi connectivity index (χ1) is 11.6. The molecular formula is C19H23NO3S. The van der Waals surface area contributed by atoms with Gasteiger partial charge in [0.2, 0.25) is 0 Å². The summed E-state index contributed by atoms with van der Waals surface area (Å²) in [4.78, 5) is 29.3. The lowest BCUT2D eigenvalue weighted by atomic mass is 9.84. The molecule has 2 heterocycles. The first-order valence-electron chi connectivity index (χ1n) is 8.57. The molecule has 0 saturated carbocycles. The van der Waals surface area contributed by atoms with Crippen LogP contribution in [-0.2, 0) is 11.2 Å². The number of rotatable bonds is 6. The summed E-state index contributed by atoms with van der Waals surface area (Å²) in [7, 11) is 0. The van der Waals surface area contributed by atoms with Crippen molar-refractivity contribution in [2.24, 2.45) is 0 Å². The van der Waals surface area contributed by atoms with E-state index in [1.807, 2.05) is 18.4 Å². The number of nitrogens with one attached hydrogen (secondary N) is 1. The predicted octanol–water partition coefficient (Wildman–Crippen LogP) is 4.64. The fourth-order valence-electron chi connectivity index (χ4n) is 3.35. The van der Waals surface area contributed by atoms with Crippen molar-refractivity contribution in [3.8, 4) is 0 Å². The van der Waals surface area contributed by atoms with E-state index in [1.54, 1.807) is 11.3 Å². The quantitative estimate of drug-likeness (QED) is 0.612. The van der Waals surface area contributed by atoms with Gasteiger partial charge in [-0.2, -0.15) is 0 Å². The lowest BCUT2D eigenvalue weighted by Crippen LogP contribution is -2.17. The van der Waals surface area contributed by atoms with Crippen LogP contribution in [0.2, 0.25) is 0 Å². The molecule has 4 nitrogen and oxygen atoms in total. The van der Waals surface area contributed by atoms with E-state index in [2.05, 4.69) is 18.0 Å². The number of hydrogen-bond donors (Lipinski definition) is 1. The summed E-state index contributed by atoms with van der Waals surface area (Å²) in [5.41, 5.74) is 2.75. The summed E-state index contributed by atoms with van der Waals surface area (Å²) in [6.07, 6.45) is 4.30. The molecule has 0 unspecified atom stereocenters. The Morgan fingerprint density at radius 1 is 1.38 bits per heavy atom. The summed E-state index contributed by atoms with van der Waals surface area (Å²) in [6, 6.07) is 4.09. The molecule has 0 bridgehead atoms. The number of Topliss-reactive ketones (excluding diaryl/α,β-unsaturated/α-hetero) is 1. The van der Waals surface area contributed by atoms with E-state index in [0.717, 1.165) is 36.9 Å². The first-order valence-corrected chi connectivity index (χ1v) is 9.45. The molecule has 128 valence electrons. The van der Waals surface area contributed by atoms with Crippen molar-refractivity contribution >= 4 is 23.1 Å². The van der Waals surface area contributed by atoms with Crippen molar-refractivity contribution in [1.29, 1.82) is 0 Å². The molecule has 0 amide bonds. The highest BCUT2D eigenvalue weighted by molar-refractivity contribution is 7.10. The molecule has 24 heavy (non-hydrogen) atoms. The average molecular weight is 345 g/mol. The average Bonchev–Trinajstić information content (AvgIpc) is 3.20. The fraction of sp³-hybridized carbons (Fsp3) is 0.474. The minimum absolute atomic E-state index is 0.119. The van der Waals surface area contributed by atoms with Crippen LogP contribution in [0, 0.1) is 6.92 Å². The molecule has 1 aliphatic rings. The normalized spacial score (nSPS) is 16.9. The molecule has 0 saturated heterocycles. The van der Waals surface area contributed by atoms with Gasteiger partial charge in [0.25, 0.3) is 0 Å². The SMILES string of the molecule is CCCCCOC(=O)c1[nH]c2c(c1C)C(=O)C[C@H](c1cccs1)C2. The molecule has 2 aromatic rings. The molecule has 0 aliphatic heterocycles. The number of fused-ring (bicyclic) bond motifs is 1. The first kappa shape index (κ1) is 17.0. The minimum Gasteiger partial charge on any atom is -0.461 e. The third-order valence-corrected chi connectivity index (χ3v) is 5.65. The third kappa shape index (κ3) is 3.31. The van der Waals surface area contributed by atoms with E-state index in [0.29, 0.717) is 24.3 Å². The van der Waals surface area contributed by atoms with E-state index in [1.165, 1.54) is 4.88 Å². The lowest BCUT2D eigenvalue weighted by Gasteiger charge is -2.20. The van der Waals surface area contributed by atoms with Gasteiger partial charge >= 0.3 is 5.97 Å². The molecule has 3 rings (SSSR count). The molecule has 1 atom stereocenters. The number of thiophene rings is 1. The van der Waals surface area contributed by atoms with Crippen LogP contribution in [0.1, 0.15) is 75.5 Å². The predicted molar refractivity (Wildman–Crippen MR) is 95.0 cm³/mol. The number of ketones is 1. The number of carbonyl (C=O) groups is 2. The van der Waals surface area contributed by atoms with Gasteiger partial charge in [-0.3, -0.25) is 4.79 Å². The maximum atomic E-state index is 12.6. The summed E-state index contributed by atoms with van der Waals surface area (Å²) in [6.45, 7) is 4.38. The Hall–Kier alpha value is -1.88. The Bertz CT molecular complexity index is 730. The van der Waals surface area contributed by atoms with Crippen LogP contribution >= 0.6 is 11.3 Å². The fourth-order valence-corrected chi connectivity index (χ4v) is 4.18. The molecule has 0 radical (unpaired) electrons. The number of aromatic amines is 1. The number of hydrogen-bond acceptors (Lipinski definition) is 4. The van der Waals surface area contributed by atoms with Crippen molar-refractivity contribution in [3.63, 3.8) is 0 Å². The van der Waals surface area contributed by atoms with Crippen LogP contribution in [0.5, 0.6) is 0 Å². The zero-order valence-corrected chi connectivity index (χ0v) is 15.0. The number of H-pyrrole nitrogens is 1. The second-order valence-corrected chi connectivity index (χ2v) is 7.34. The van der Waals surface area contributed by atoms with Gasteiger partial charge in [-0.1, -0.05) is 25.8 Å². The van der Waals surface area contributed by atoms with Gasteiger partial charge in [-0.05, 0) is 36.8 Å². The molecule has 0 spiro atoms. The van der Waals surface area contributed by atoms with Crippen LogP contribution in [0.25, 0.3) is 0 Å². The maximum absolute atomic E-state index is 12.6. The van der Waals surface area contributed by atoms with Crippen molar-refractivity contribution in [2.45, 2.75) is 51.9 Å². The zero-order chi connectivity index (χ0) is 17.1. The number of esters is 1.